The Morgan fingerprint density at radius 3 is 2.39 bits per heavy atom. The number of likely N-dealkylation sites (N-methyl/N-ethyl adjacent to an activating group) is 1. The number of nitrogens with one attached hydrogen (secondary N) is 1. The quantitative estimate of drug-likeness (QED) is 0.341. The second kappa shape index (κ2) is 11.0. The van der Waals surface area contributed by atoms with E-state index < -0.39 is 17.6 Å². The number of hydrogen-bond acceptors (Lipinski definition) is 5. The summed E-state index contributed by atoms with van der Waals surface area (Å²) in [6.45, 7) is 9.28. The van der Waals surface area contributed by atoms with Crippen molar-refractivity contribution < 1.29 is 18.0 Å². The molecule has 1 aliphatic rings. The number of carbonyl (C=O) groups excluding carboxylic acids is 1. The van der Waals surface area contributed by atoms with Gasteiger partial charge in [-0.25, -0.2) is 0 Å². The Morgan fingerprint density at radius 1 is 0.976 bits per heavy atom. The molecule has 2 aromatic carbocycles. The van der Waals surface area contributed by atoms with Gasteiger partial charge in [0.1, 0.15) is 0 Å². The number of aryl methyl sites for hydroxylation is 3. The summed E-state index contributed by atoms with van der Waals surface area (Å²) in [6.07, 6.45) is -2.89. The lowest BCUT2D eigenvalue weighted by Gasteiger charge is -2.36. The van der Waals surface area contributed by atoms with Gasteiger partial charge < -0.3 is 19.7 Å². The Morgan fingerprint density at radius 2 is 1.71 bits per heavy atom. The fourth-order valence-corrected chi connectivity index (χ4v) is 5.26. The van der Waals surface area contributed by atoms with Crippen molar-refractivity contribution in [3.8, 4) is 11.1 Å². The van der Waals surface area contributed by atoms with Crippen molar-refractivity contribution in [3.63, 3.8) is 0 Å². The molecule has 0 bridgehead atoms. The Hall–Kier alpha value is -4.18. The van der Waals surface area contributed by atoms with Gasteiger partial charge >= 0.3 is 6.18 Å². The predicted molar refractivity (Wildman–Crippen MR) is 156 cm³/mol. The zero-order chi connectivity index (χ0) is 29.5. The van der Waals surface area contributed by atoms with Gasteiger partial charge in [-0.15, -0.1) is 0 Å². The molecule has 1 N–H and O–H groups in total. The van der Waals surface area contributed by atoms with E-state index in [0.29, 0.717) is 35.6 Å². The van der Waals surface area contributed by atoms with E-state index in [1.807, 2.05) is 24.8 Å². The van der Waals surface area contributed by atoms with Crippen LogP contribution in [-0.2, 0) is 13.2 Å². The molecule has 5 rings (SSSR count). The topological polar surface area (TPSA) is 70.5 Å². The first kappa shape index (κ1) is 28.4. The van der Waals surface area contributed by atoms with Gasteiger partial charge in [-0.3, -0.25) is 14.6 Å². The van der Waals surface area contributed by atoms with Gasteiger partial charge in [-0.2, -0.15) is 13.2 Å². The highest BCUT2D eigenvalue weighted by atomic mass is 19.4. The summed E-state index contributed by atoms with van der Waals surface area (Å²) in [5, 5.41) is 3.53. The van der Waals surface area contributed by atoms with Crippen LogP contribution in [0.4, 0.5) is 24.5 Å². The lowest BCUT2D eigenvalue weighted by Crippen LogP contribution is -2.46. The minimum Gasteiger partial charge on any atom is -0.369 e. The van der Waals surface area contributed by atoms with Crippen molar-refractivity contribution in [3.05, 3.63) is 87.5 Å². The fourth-order valence-electron chi connectivity index (χ4n) is 5.26. The number of hydrogen-bond donors (Lipinski definition) is 1. The van der Waals surface area contributed by atoms with E-state index in [9.17, 15) is 22.8 Å². The number of pyridine rings is 2. The maximum Gasteiger partial charge on any atom is 0.416 e. The summed E-state index contributed by atoms with van der Waals surface area (Å²) in [5.74, 6) is -0.662. The number of benzene rings is 2. The highest BCUT2D eigenvalue weighted by Crippen LogP contribution is 2.34. The van der Waals surface area contributed by atoms with Crippen molar-refractivity contribution in [1.82, 2.24) is 14.5 Å². The smallest absolute Gasteiger partial charge is 0.369 e. The molecule has 0 aliphatic carbocycles. The number of aromatic nitrogens is 2. The van der Waals surface area contributed by atoms with Crippen LogP contribution in [0.15, 0.2) is 59.5 Å². The second-order valence-corrected chi connectivity index (χ2v) is 10.5. The summed E-state index contributed by atoms with van der Waals surface area (Å²) in [7, 11) is 1.70. The average Bonchev–Trinajstić information content (AvgIpc) is 2.95. The minimum absolute atomic E-state index is 0.0852. The Balaban J connectivity index is 1.48. The molecule has 10 heteroatoms. The monoisotopic (exact) mass is 563 g/mol. The largest absolute Gasteiger partial charge is 0.416 e. The third kappa shape index (κ3) is 5.83. The molecule has 0 spiro atoms. The van der Waals surface area contributed by atoms with Crippen LogP contribution in [0.25, 0.3) is 22.0 Å². The molecule has 1 saturated heterocycles. The van der Waals surface area contributed by atoms with E-state index >= 15 is 0 Å². The number of rotatable bonds is 5. The van der Waals surface area contributed by atoms with Gasteiger partial charge in [0.05, 0.1) is 11.1 Å². The zero-order valence-electron chi connectivity index (χ0n) is 23.5. The Labute approximate surface area is 236 Å². The molecule has 0 atom stereocenters. The fraction of sp³-hybridized carbons (Fsp3) is 0.323. The molecule has 214 valence electrons. The van der Waals surface area contributed by atoms with Gasteiger partial charge in [-0.05, 0) is 74.0 Å². The van der Waals surface area contributed by atoms with Gasteiger partial charge in [0.25, 0.3) is 11.5 Å². The van der Waals surface area contributed by atoms with E-state index in [2.05, 4.69) is 22.1 Å². The van der Waals surface area contributed by atoms with Crippen LogP contribution in [0, 0.1) is 13.8 Å². The summed E-state index contributed by atoms with van der Waals surface area (Å²) in [6, 6.07) is 12.2. The van der Waals surface area contributed by atoms with E-state index in [1.54, 1.807) is 42.1 Å². The lowest BCUT2D eigenvalue weighted by molar-refractivity contribution is -0.137. The Kier molecular flexibility index (Phi) is 7.61. The van der Waals surface area contributed by atoms with Crippen molar-refractivity contribution in [2.45, 2.75) is 26.9 Å². The maximum atomic E-state index is 13.8. The van der Waals surface area contributed by atoms with E-state index in [1.165, 1.54) is 6.07 Å². The predicted octanol–water partition coefficient (Wildman–Crippen LogP) is 5.63. The van der Waals surface area contributed by atoms with E-state index in [0.717, 1.165) is 53.9 Å². The maximum absolute atomic E-state index is 13.8. The third-order valence-electron chi connectivity index (χ3n) is 7.72. The van der Waals surface area contributed by atoms with Crippen LogP contribution >= 0.6 is 0 Å². The second-order valence-electron chi connectivity index (χ2n) is 10.5. The summed E-state index contributed by atoms with van der Waals surface area (Å²) in [5.41, 5.74) is 2.99. The van der Waals surface area contributed by atoms with Crippen LogP contribution < -0.4 is 15.8 Å². The molecule has 0 radical (unpaired) electrons. The Bertz CT molecular complexity index is 1690. The molecule has 0 unspecified atom stereocenters. The SMILES string of the molecule is CCN1CCN(c2cc(C(=O)Nc3ccc(C)c(-c4cc5cnc(C)cc5n(C)c4=O)c3)cc(C(F)(F)F)c2)CC1. The van der Waals surface area contributed by atoms with Gasteiger partial charge in [-0.1, -0.05) is 13.0 Å². The van der Waals surface area contributed by atoms with Crippen LogP contribution in [0.5, 0.6) is 0 Å². The molecular formula is C31H32F3N5O2. The third-order valence-corrected chi connectivity index (χ3v) is 7.72. The number of amides is 1. The van der Waals surface area contributed by atoms with Gasteiger partial charge in [0.2, 0.25) is 0 Å². The van der Waals surface area contributed by atoms with Gasteiger partial charge in [0, 0.05) is 73.0 Å². The molecule has 41 heavy (non-hydrogen) atoms. The lowest BCUT2D eigenvalue weighted by atomic mass is 9.99. The van der Waals surface area contributed by atoms with Gasteiger partial charge in [0.15, 0.2) is 0 Å². The van der Waals surface area contributed by atoms with Crippen molar-refractivity contribution in [1.29, 1.82) is 0 Å². The number of alkyl halides is 3. The first-order valence-corrected chi connectivity index (χ1v) is 13.5. The molecule has 3 heterocycles. The number of halogens is 3. The summed E-state index contributed by atoms with van der Waals surface area (Å²) < 4.78 is 43.0. The molecule has 7 nitrogen and oxygen atoms in total. The molecular weight excluding hydrogens is 531 g/mol. The minimum atomic E-state index is -4.60. The average molecular weight is 564 g/mol. The highest BCUT2D eigenvalue weighted by molar-refractivity contribution is 6.05. The summed E-state index contributed by atoms with van der Waals surface area (Å²) in [4.78, 5) is 35.1. The zero-order valence-corrected chi connectivity index (χ0v) is 23.5. The van der Waals surface area contributed by atoms with Crippen LogP contribution in [0.2, 0.25) is 0 Å². The highest BCUT2D eigenvalue weighted by Gasteiger charge is 2.33. The number of fused-ring (bicyclic) bond motifs is 1. The van der Waals surface area contributed by atoms with E-state index in [-0.39, 0.29) is 11.1 Å². The number of anilines is 2. The van der Waals surface area contributed by atoms with Crippen molar-refractivity contribution >= 4 is 28.2 Å². The molecule has 1 fully saturated rings. The first-order valence-electron chi connectivity index (χ1n) is 13.5. The molecule has 1 aliphatic heterocycles. The van der Waals surface area contributed by atoms with E-state index in [4.69, 9.17) is 0 Å². The molecule has 2 aromatic heterocycles. The summed E-state index contributed by atoms with van der Waals surface area (Å²) >= 11 is 0. The van der Waals surface area contributed by atoms with Crippen molar-refractivity contribution in [2.24, 2.45) is 7.05 Å². The van der Waals surface area contributed by atoms with Crippen LogP contribution in [-0.4, -0.2) is 53.1 Å². The number of nitrogens with zero attached hydrogens (tertiary/aromatic N) is 4. The number of carbonyl (C=O) groups is 1. The molecule has 4 aromatic rings. The first-order chi connectivity index (χ1) is 19.4. The molecule has 1 amide bonds. The normalized spacial score (nSPS) is 14.5. The number of piperazine rings is 1. The standard InChI is InChI=1S/C31H32F3N5O2/c1-5-38-8-10-39(11-9-38)25-14-21(13-23(16-25)31(32,33)34)29(40)36-24-7-6-19(2)26(17-24)27-15-22-18-35-20(3)12-28(22)37(4)30(27)41/h6-7,12-18H,5,8-11H2,1-4H3,(H,36,40). The molecule has 0 saturated carbocycles. The van der Waals surface area contributed by atoms with Crippen LogP contribution in [0.3, 0.4) is 0 Å². The van der Waals surface area contributed by atoms with Crippen LogP contribution in [0.1, 0.15) is 34.1 Å². The van der Waals surface area contributed by atoms with Crippen molar-refractivity contribution in [2.75, 3.05) is 42.9 Å².